The van der Waals surface area contributed by atoms with Gasteiger partial charge in [0.1, 0.15) is 6.61 Å². The molecule has 3 fully saturated rings. The number of carbonyl (C=O) groups excluding carboxylic acids is 3. The highest BCUT2D eigenvalue weighted by Gasteiger charge is 2.54. The van der Waals surface area contributed by atoms with Gasteiger partial charge in [0, 0.05) is 6.42 Å². The third-order valence-corrected chi connectivity index (χ3v) is 7.81. The number of ether oxygens (including phenoxy) is 2. The van der Waals surface area contributed by atoms with Crippen LogP contribution in [-0.4, -0.2) is 37.9 Å². The lowest BCUT2D eigenvalue weighted by atomic mass is 9.50. The first-order valence-corrected chi connectivity index (χ1v) is 12.1. The topological polar surface area (TPSA) is 69.7 Å². The number of allylic oxidation sites excluding steroid dienone is 1. The van der Waals surface area contributed by atoms with Gasteiger partial charge in [0.25, 0.3) is 6.47 Å². The van der Waals surface area contributed by atoms with Crippen molar-refractivity contribution in [1.29, 1.82) is 0 Å². The van der Waals surface area contributed by atoms with E-state index in [1.165, 1.54) is 44.8 Å². The molecule has 0 spiro atoms. The van der Waals surface area contributed by atoms with Crippen molar-refractivity contribution in [2.75, 3.05) is 13.7 Å². The normalized spacial score (nSPS) is 35.6. The lowest BCUT2D eigenvalue weighted by molar-refractivity contribution is -0.126. The van der Waals surface area contributed by atoms with E-state index in [1.807, 2.05) is 6.08 Å². The van der Waals surface area contributed by atoms with E-state index in [1.54, 1.807) is 6.92 Å². The fourth-order valence-corrected chi connectivity index (χ4v) is 6.59. The maximum absolute atomic E-state index is 11.9. The quantitative estimate of drug-likeness (QED) is 0.561. The second-order valence-electron chi connectivity index (χ2n) is 9.94. The van der Waals surface area contributed by atoms with Crippen molar-refractivity contribution in [2.24, 2.45) is 29.1 Å². The molecule has 0 heterocycles. The van der Waals surface area contributed by atoms with Crippen molar-refractivity contribution in [3.8, 4) is 0 Å². The summed E-state index contributed by atoms with van der Waals surface area (Å²) in [7, 11) is 1.31. The first-order chi connectivity index (χ1) is 14.8. The highest BCUT2D eigenvalue weighted by atomic mass is 16.5. The summed E-state index contributed by atoms with van der Waals surface area (Å²) in [4.78, 5) is 32.1. The van der Waals surface area contributed by atoms with Crippen LogP contribution in [0.25, 0.3) is 0 Å². The standard InChI is InChI=1S/C21H30O3.C3H8.C2H4O2/c1-13(22)12-24-20-8-6-16-17-4-3-14-11-15(23)9-10-21(14,2)19(17)7-5-18(16)20;1-3-2;1-4-2-3/h11,16-20H,3-10,12H2,1-2H3;3H2,1-2H3;2H,1H3. The second kappa shape index (κ2) is 11.9. The predicted molar refractivity (Wildman–Crippen MR) is 122 cm³/mol. The molecule has 0 N–H and O–H groups in total. The first kappa shape index (κ1) is 25.8. The summed E-state index contributed by atoms with van der Waals surface area (Å²) in [6, 6.07) is 0. The van der Waals surface area contributed by atoms with Crippen molar-refractivity contribution < 1.29 is 23.9 Å². The van der Waals surface area contributed by atoms with Crippen LogP contribution in [-0.2, 0) is 23.9 Å². The molecule has 0 aromatic heterocycles. The van der Waals surface area contributed by atoms with E-state index in [9.17, 15) is 9.59 Å². The number of fused-ring (bicyclic) bond motifs is 5. The Kier molecular flexibility index (Phi) is 9.92. The molecule has 5 heteroatoms. The Balaban J connectivity index is 0.000000431. The van der Waals surface area contributed by atoms with Crippen LogP contribution in [0.1, 0.15) is 85.5 Å². The van der Waals surface area contributed by atoms with Gasteiger partial charge < -0.3 is 9.47 Å². The summed E-state index contributed by atoms with van der Waals surface area (Å²) in [6.07, 6.45) is 12.6. The van der Waals surface area contributed by atoms with Gasteiger partial charge in [-0.15, -0.1) is 0 Å². The zero-order valence-electron chi connectivity index (χ0n) is 20.2. The number of hydrogen-bond acceptors (Lipinski definition) is 5. The Bertz CT molecular complexity index is 654. The lowest BCUT2D eigenvalue weighted by Crippen LogP contribution is -2.48. The van der Waals surface area contributed by atoms with E-state index < -0.39 is 0 Å². The number of ketones is 2. The Morgan fingerprint density at radius 3 is 2.35 bits per heavy atom. The van der Waals surface area contributed by atoms with Gasteiger partial charge in [0.2, 0.25) is 0 Å². The minimum atomic E-state index is 0.138. The fraction of sp³-hybridized carbons (Fsp3) is 0.808. The van der Waals surface area contributed by atoms with Crippen molar-refractivity contribution >= 4 is 18.0 Å². The molecular weight excluding hydrogens is 392 g/mol. The van der Waals surface area contributed by atoms with E-state index in [0.717, 1.165) is 43.4 Å². The summed E-state index contributed by atoms with van der Waals surface area (Å²) in [5.74, 6) is 3.46. The molecule has 6 atom stereocenters. The number of rotatable bonds is 4. The summed E-state index contributed by atoms with van der Waals surface area (Å²) in [5, 5.41) is 0. The maximum atomic E-state index is 11.9. The molecule has 0 bridgehead atoms. The molecule has 6 unspecified atom stereocenters. The Morgan fingerprint density at radius 1 is 1.10 bits per heavy atom. The van der Waals surface area contributed by atoms with Crippen LogP contribution < -0.4 is 0 Å². The number of carbonyl (C=O) groups is 3. The average Bonchev–Trinajstić information content (AvgIpc) is 3.17. The Labute approximate surface area is 188 Å². The molecule has 4 aliphatic rings. The number of hydrogen-bond donors (Lipinski definition) is 0. The third-order valence-electron chi connectivity index (χ3n) is 7.81. The van der Waals surface area contributed by atoms with Crippen LogP contribution in [0, 0.1) is 29.1 Å². The van der Waals surface area contributed by atoms with E-state index in [0.29, 0.717) is 24.3 Å². The minimum absolute atomic E-state index is 0.138. The lowest BCUT2D eigenvalue weighted by Gasteiger charge is -2.55. The SMILES string of the molecule is CC(=O)COC1CCC2C1CCC1C2CCC2=CC(=O)CCC21C.CCC.COC=O. The average molecular weight is 435 g/mol. The van der Waals surface area contributed by atoms with Gasteiger partial charge in [-0.2, -0.15) is 0 Å². The molecule has 0 aliphatic heterocycles. The van der Waals surface area contributed by atoms with Gasteiger partial charge in [-0.3, -0.25) is 14.4 Å². The monoisotopic (exact) mass is 434 g/mol. The zero-order valence-corrected chi connectivity index (χ0v) is 20.2. The van der Waals surface area contributed by atoms with E-state index in [-0.39, 0.29) is 17.8 Å². The smallest absolute Gasteiger partial charge is 0.292 e. The van der Waals surface area contributed by atoms with Gasteiger partial charge in [-0.25, -0.2) is 0 Å². The molecule has 0 amide bonds. The second-order valence-corrected chi connectivity index (χ2v) is 9.94. The van der Waals surface area contributed by atoms with Gasteiger partial charge in [0.15, 0.2) is 11.6 Å². The molecular formula is C26H42O5. The minimum Gasteiger partial charge on any atom is -0.471 e. The largest absolute Gasteiger partial charge is 0.471 e. The van der Waals surface area contributed by atoms with Gasteiger partial charge >= 0.3 is 0 Å². The summed E-state index contributed by atoms with van der Waals surface area (Å²) in [6.45, 7) is 8.96. The van der Waals surface area contributed by atoms with Crippen LogP contribution >= 0.6 is 0 Å². The molecule has 0 radical (unpaired) electrons. The first-order valence-electron chi connectivity index (χ1n) is 12.1. The molecule has 0 aromatic carbocycles. The van der Waals surface area contributed by atoms with E-state index in [4.69, 9.17) is 9.53 Å². The molecule has 3 saturated carbocycles. The molecule has 31 heavy (non-hydrogen) atoms. The highest BCUT2D eigenvalue weighted by molar-refractivity contribution is 5.91. The summed E-state index contributed by atoms with van der Waals surface area (Å²) < 4.78 is 9.81. The maximum Gasteiger partial charge on any atom is 0.292 e. The Hall–Kier alpha value is -1.49. The fourth-order valence-electron chi connectivity index (χ4n) is 6.59. The highest BCUT2D eigenvalue weighted by Crippen LogP contribution is 2.61. The van der Waals surface area contributed by atoms with Gasteiger partial charge in [0.05, 0.1) is 13.2 Å². The van der Waals surface area contributed by atoms with Crippen LogP contribution in [0.3, 0.4) is 0 Å². The summed E-state index contributed by atoms with van der Waals surface area (Å²) in [5.41, 5.74) is 1.71. The van der Waals surface area contributed by atoms with Crippen LogP contribution in [0.5, 0.6) is 0 Å². The molecule has 176 valence electrons. The van der Waals surface area contributed by atoms with Crippen LogP contribution in [0.2, 0.25) is 0 Å². The van der Waals surface area contributed by atoms with Crippen molar-refractivity contribution in [1.82, 2.24) is 0 Å². The third kappa shape index (κ3) is 6.06. The van der Waals surface area contributed by atoms with Crippen molar-refractivity contribution in [3.63, 3.8) is 0 Å². The molecule has 0 aromatic rings. The number of methoxy groups -OCH3 is 1. The van der Waals surface area contributed by atoms with Crippen molar-refractivity contribution in [2.45, 2.75) is 91.6 Å². The molecule has 4 aliphatic carbocycles. The number of Topliss-reactive ketones (excluding diaryl/α,β-unsaturated/α-hetero) is 1. The van der Waals surface area contributed by atoms with Gasteiger partial charge in [-0.05, 0) is 87.0 Å². The predicted octanol–water partition coefficient (Wildman–Crippen LogP) is 5.31. The zero-order chi connectivity index (χ0) is 23.0. The van der Waals surface area contributed by atoms with Crippen molar-refractivity contribution in [3.05, 3.63) is 11.6 Å². The van der Waals surface area contributed by atoms with Crippen LogP contribution in [0.4, 0.5) is 0 Å². The molecule has 0 saturated heterocycles. The van der Waals surface area contributed by atoms with E-state index >= 15 is 0 Å². The Morgan fingerprint density at radius 2 is 1.74 bits per heavy atom. The van der Waals surface area contributed by atoms with Crippen LogP contribution in [0.15, 0.2) is 11.6 Å². The van der Waals surface area contributed by atoms with E-state index in [2.05, 4.69) is 25.5 Å². The summed E-state index contributed by atoms with van der Waals surface area (Å²) >= 11 is 0. The van der Waals surface area contributed by atoms with Gasteiger partial charge in [-0.1, -0.05) is 32.8 Å². The molecule has 5 nitrogen and oxygen atoms in total. The molecule has 4 rings (SSSR count).